The van der Waals surface area contributed by atoms with E-state index in [9.17, 15) is 5.11 Å². The first-order valence-corrected chi connectivity index (χ1v) is 11.9. The van der Waals surface area contributed by atoms with Crippen LogP contribution in [0.5, 0.6) is 11.8 Å². The number of rotatable bonds is 4. The average Bonchev–Trinajstić information content (AvgIpc) is 3.49. The number of ether oxygens (including phenoxy) is 2. The van der Waals surface area contributed by atoms with Gasteiger partial charge < -0.3 is 14.6 Å². The predicted octanol–water partition coefficient (Wildman–Crippen LogP) is 2.93. The largest absolute Gasteiger partial charge is 0.476 e. The van der Waals surface area contributed by atoms with Crippen LogP contribution in [0.15, 0.2) is 24.4 Å². The van der Waals surface area contributed by atoms with Gasteiger partial charge in [0.15, 0.2) is 0 Å². The van der Waals surface area contributed by atoms with Gasteiger partial charge in [-0.2, -0.15) is 10.2 Å². The molecule has 4 heterocycles. The van der Waals surface area contributed by atoms with Crippen LogP contribution in [0.4, 0.5) is 0 Å². The van der Waals surface area contributed by atoms with Gasteiger partial charge in [-0.05, 0) is 50.7 Å². The summed E-state index contributed by atoms with van der Waals surface area (Å²) in [7, 11) is 3.94. The van der Waals surface area contributed by atoms with E-state index in [2.05, 4.69) is 38.3 Å². The quantitative estimate of drug-likeness (QED) is 0.465. The van der Waals surface area contributed by atoms with E-state index in [-0.39, 0.29) is 12.7 Å². The summed E-state index contributed by atoms with van der Waals surface area (Å²) >= 11 is 0. The normalized spacial score (nSPS) is 17.5. The van der Waals surface area contributed by atoms with Crippen LogP contribution in [0.3, 0.4) is 0 Å². The summed E-state index contributed by atoms with van der Waals surface area (Å²) in [5.74, 6) is 1.28. The Balaban J connectivity index is 1.69. The number of nitrogens with zero attached hydrogens (tertiary/aromatic N) is 6. The van der Waals surface area contributed by atoms with Crippen LogP contribution in [-0.4, -0.2) is 72.7 Å². The molecule has 2 N–H and O–H groups in total. The lowest BCUT2D eigenvalue weighted by Gasteiger charge is -2.23. The van der Waals surface area contributed by atoms with Crippen molar-refractivity contribution in [3.05, 3.63) is 41.3 Å². The van der Waals surface area contributed by atoms with Crippen molar-refractivity contribution in [2.75, 3.05) is 26.8 Å². The van der Waals surface area contributed by atoms with Crippen LogP contribution in [0.25, 0.3) is 34.2 Å². The van der Waals surface area contributed by atoms with Crippen LogP contribution in [-0.2, 0) is 20.1 Å². The van der Waals surface area contributed by atoms with Gasteiger partial charge >= 0.3 is 0 Å². The summed E-state index contributed by atoms with van der Waals surface area (Å²) in [6.45, 7) is 6.17. The third-order valence-corrected chi connectivity index (χ3v) is 6.15. The van der Waals surface area contributed by atoms with Crippen molar-refractivity contribution in [3.8, 4) is 22.9 Å². The third kappa shape index (κ3) is 4.42. The molecule has 35 heavy (non-hydrogen) atoms. The molecule has 1 aliphatic rings. The zero-order valence-electron chi connectivity index (χ0n) is 20.5. The van der Waals surface area contributed by atoms with E-state index < -0.39 is 0 Å². The van der Waals surface area contributed by atoms with Crippen molar-refractivity contribution in [1.82, 2.24) is 34.7 Å². The van der Waals surface area contributed by atoms with Gasteiger partial charge in [-0.3, -0.25) is 14.7 Å². The number of H-pyrrole nitrogens is 1. The third-order valence-electron chi connectivity index (χ3n) is 6.15. The number of likely N-dealkylation sites (N-methyl/N-ethyl adjacent to an activating group) is 1. The second-order valence-corrected chi connectivity index (χ2v) is 8.86. The summed E-state index contributed by atoms with van der Waals surface area (Å²) in [5, 5.41) is 27.4. The zero-order chi connectivity index (χ0) is 24.5. The fraction of sp³-hybridized carbons (Fsp3) is 0.400. The molecule has 4 aromatic rings. The topological polar surface area (TPSA) is 106 Å². The number of fused-ring (bicyclic) bond motifs is 4. The molecule has 10 nitrogen and oxygen atoms in total. The van der Waals surface area contributed by atoms with Crippen molar-refractivity contribution < 1.29 is 14.6 Å². The average molecular weight is 478 g/mol. The van der Waals surface area contributed by atoms with Crippen LogP contribution in [0.1, 0.15) is 30.8 Å². The molecular formula is C25H31N7O3. The Hall–Kier alpha value is -3.63. The zero-order valence-corrected chi connectivity index (χ0v) is 20.5. The van der Waals surface area contributed by atoms with Crippen molar-refractivity contribution in [2.24, 2.45) is 7.05 Å². The van der Waals surface area contributed by atoms with E-state index in [1.165, 1.54) is 0 Å². The molecule has 3 aromatic heterocycles. The Morgan fingerprint density at radius 3 is 2.91 bits per heavy atom. The highest BCUT2D eigenvalue weighted by Gasteiger charge is 2.22. The van der Waals surface area contributed by atoms with E-state index in [1.807, 2.05) is 56.2 Å². The standard InChI is InChI=1S/C25H31N7O3/c1-5-34-24-18-7-9-22-19-12-17(6-8-21(19)27-28-22)20-13-26-31(4)25(20)35-16(2)14-30(3)15-23(18)32(29-24)10-11-33/h6-9,12-13,16,33H,5,10-11,14-15H2,1-4H3,(H,27,28)/b9-7+. The number of aliphatic hydroxyl groups is 1. The summed E-state index contributed by atoms with van der Waals surface area (Å²) < 4.78 is 15.9. The van der Waals surface area contributed by atoms with Gasteiger partial charge in [-0.1, -0.05) is 6.07 Å². The Bertz CT molecular complexity index is 1370. The molecule has 0 fully saturated rings. The minimum absolute atomic E-state index is 0.0101. The minimum Gasteiger partial charge on any atom is -0.476 e. The van der Waals surface area contributed by atoms with Gasteiger partial charge in [0.1, 0.15) is 6.10 Å². The molecule has 10 heteroatoms. The first-order chi connectivity index (χ1) is 17.0. The number of hydrogen-bond donors (Lipinski definition) is 2. The molecule has 184 valence electrons. The highest BCUT2D eigenvalue weighted by molar-refractivity contribution is 5.93. The summed E-state index contributed by atoms with van der Waals surface area (Å²) in [5.41, 5.74) is 5.57. The molecule has 1 aliphatic heterocycles. The van der Waals surface area contributed by atoms with Gasteiger partial charge in [0.2, 0.25) is 11.8 Å². The monoisotopic (exact) mass is 477 g/mol. The Labute approximate surface area is 203 Å². The second kappa shape index (κ2) is 9.55. The maximum Gasteiger partial charge on any atom is 0.240 e. The number of aromatic amines is 1. The highest BCUT2D eigenvalue weighted by Crippen LogP contribution is 2.34. The molecule has 5 rings (SSSR count). The number of aliphatic hydroxyl groups excluding tert-OH is 1. The van der Waals surface area contributed by atoms with E-state index in [1.54, 1.807) is 4.68 Å². The maximum absolute atomic E-state index is 9.65. The van der Waals surface area contributed by atoms with E-state index >= 15 is 0 Å². The SMILES string of the molecule is CCOc1nn(CCO)c2c1/C=C/c1[nH]nc3ccc(cc13)-c1cnn(C)c1OC(C)CN(C)C2. The van der Waals surface area contributed by atoms with Gasteiger partial charge in [-0.25, -0.2) is 4.68 Å². The van der Waals surface area contributed by atoms with Gasteiger partial charge in [0.25, 0.3) is 0 Å². The van der Waals surface area contributed by atoms with Gasteiger partial charge in [-0.15, -0.1) is 5.10 Å². The number of nitrogens with one attached hydrogen (secondary N) is 1. The van der Waals surface area contributed by atoms with Crippen molar-refractivity contribution in [1.29, 1.82) is 0 Å². The molecule has 0 aliphatic carbocycles. The van der Waals surface area contributed by atoms with Crippen LogP contribution in [0, 0.1) is 0 Å². The number of aryl methyl sites for hydroxylation is 1. The van der Waals surface area contributed by atoms with Crippen molar-refractivity contribution in [3.63, 3.8) is 0 Å². The first kappa shape index (κ1) is 23.1. The molecule has 0 saturated heterocycles. The summed E-state index contributed by atoms with van der Waals surface area (Å²) in [6, 6.07) is 6.15. The smallest absolute Gasteiger partial charge is 0.240 e. The Morgan fingerprint density at radius 2 is 2.11 bits per heavy atom. The van der Waals surface area contributed by atoms with Crippen LogP contribution < -0.4 is 9.47 Å². The molecule has 0 radical (unpaired) electrons. The number of benzene rings is 1. The van der Waals surface area contributed by atoms with E-state index in [0.29, 0.717) is 32.1 Å². The Morgan fingerprint density at radius 1 is 1.26 bits per heavy atom. The summed E-state index contributed by atoms with van der Waals surface area (Å²) in [4.78, 5) is 2.19. The predicted molar refractivity (Wildman–Crippen MR) is 134 cm³/mol. The molecule has 0 spiro atoms. The Kier molecular flexibility index (Phi) is 6.31. The number of hydrogen-bond acceptors (Lipinski definition) is 7. The fourth-order valence-electron chi connectivity index (χ4n) is 4.59. The molecule has 2 bridgehead atoms. The maximum atomic E-state index is 9.65. The second-order valence-electron chi connectivity index (χ2n) is 8.86. The lowest BCUT2D eigenvalue weighted by atomic mass is 10.1. The number of aromatic nitrogens is 6. The molecule has 1 atom stereocenters. The molecule has 0 amide bonds. The molecule has 1 aromatic carbocycles. The lowest BCUT2D eigenvalue weighted by Crippen LogP contribution is -2.32. The minimum atomic E-state index is -0.0907. The van der Waals surface area contributed by atoms with E-state index in [0.717, 1.165) is 44.9 Å². The molecular weight excluding hydrogens is 446 g/mol. The first-order valence-electron chi connectivity index (χ1n) is 11.9. The molecule has 1 unspecified atom stereocenters. The van der Waals surface area contributed by atoms with E-state index in [4.69, 9.17) is 9.47 Å². The van der Waals surface area contributed by atoms with Crippen LogP contribution in [0.2, 0.25) is 0 Å². The van der Waals surface area contributed by atoms with Crippen molar-refractivity contribution in [2.45, 2.75) is 33.0 Å². The molecule has 0 saturated carbocycles. The highest BCUT2D eigenvalue weighted by atomic mass is 16.5. The fourth-order valence-corrected chi connectivity index (χ4v) is 4.59. The van der Waals surface area contributed by atoms with Gasteiger partial charge in [0, 0.05) is 25.5 Å². The summed E-state index contributed by atoms with van der Waals surface area (Å²) in [6.07, 6.45) is 5.78. The van der Waals surface area contributed by atoms with Crippen molar-refractivity contribution >= 4 is 23.1 Å². The lowest BCUT2D eigenvalue weighted by molar-refractivity contribution is 0.146. The van der Waals surface area contributed by atoms with Crippen LogP contribution >= 0.6 is 0 Å². The van der Waals surface area contributed by atoms with Gasteiger partial charge in [0.05, 0.1) is 54.0 Å².